The van der Waals surface area contributed by atoms with Crippen molar-refractivity contribution in [1.29, 1.82) is 0 Å². The standard InChI is InChI=1S/C12H19N3O3/c1-5-9-8(6-15(4)14-9)10(16)13-7-12(2,3)11(17)18/h6H,5,7H2,1-4H3,(H,13,16)(H,17,18). The molecule has 6 heteroatoms. The molecule has 0 bridgehead atoms. The second kappa shape index (κ2) is 5.20. The molecule has 1 amide bonds. The number of carboxylic acids is 1. The first-order valence-corrected chi connectivity index (χ1v) is 5.82. The predicted molar refractivity (Wildman–Crippen MR) is 66.3 cm³/mol. The first-order valence-electron chi connectivity index (χ1n) is 5.82. The Morgan fingerprint density at radius 2 is 2.11 bits per heavy atom. The van der Waals surface area contributed by atoms with E-state index in [4.69, 9.17) is 5.11 Å². The number of aromatic nitrogens is 2. The Hall–Kier alpha value is -1.85. The third-order valence-electron chi connectivity index (χ3n) is 2.75. The maximum atomic E-state index is 11.9. The van der Waals surface area contributed by atoms with Crippen LogP contribution in [0.1, 0.15) is 36.8 Å². The predicted octanol–water partition coefficient (Wildman–Crippen LogP) is 0.823. The smallest absolute Gasteiger partial charge is 0.310 e. The van der Waals surface area contributed by atoms with E-state index in [1.54, 1.807) is 31.8 Å². The van der Waals surface area contributed by atoms with Gasteiger partial charge in [0, 0.05) is 19.8 Å². The Morgan fingerprint density at radius 3 is 2.61 bits per heavy atom. The van der Waals surface area contributed by atoms with Crippen LogP contribution < -0.4 is 5.32 Å². The number of carbonyl (C=O) groups is 2. The lowest BCUT2D eigenvalue weighted by Crippen LogP contribution is -2.39. The lowest BCUT2D eigenvalue weighted by atomic mass is 9.94. The largest absolute Gasteiger partial charge is 0.481 e. The van der Waals surface area contributed by atoms with E-state index in [0.29, 0.717) is 17.7 Å². The second-order valence-electron chi connectivity index (χ2n) is 4.89. The lowest BCUT2D eigenvalue weighted by molar-refractivity contribution is -0.146. The van der Waals surface area contributed by atoms with Gasteiger partial charge in [0.15, 0.2) is 0 Å². The van der Waals surface area contributed by atoms with E-state index in [9.17, 15) is 9.59 Å². The third-order valence-corrected chi connectivity index (χ3v) is 2.75. The van der Waals surface area contributed by atoms with Crippen LogP contribution in [-0.2, 0) is 18.3 Å². The summed E-state index contributed by atoms with van der Waals surface area (Å²) in [6, 6.07) is 0. The molecule has 1 aromatic rings. The van der Waals surface area contributed by atoms with Crippen molar-refractivity contribution < 1.29 is 14.7 Å². The van der Waals surface area contributed by atoms with Crippen molar-refractivity contribution in [3.8, 4) is 0 Å². The van der Waals surface area contributed by atoms with Gasteiger partial charge in [-0.1, -0.05) is 6.92 Å². The molecule has 0 fully saturated rings. The molecule has 0 aliphatic carbocycles. The van der Waals surface area contributed by atoms with Crippen LogP contribution in [0.5, 0.6) is 0 Å². The third kappa shape index (κ3) is 3.09. The normalized spacial score (nSPS) is 11.3. The van der Waals surface area contributed by atoms with Crippen molar-refractivity contribution in [2.45, 2.75) is 27.2 Å². The summed E-state index contributed by atoms with van der Waals surface area (Å²) in [5.74, 6) is -1.22. The molecule has 100 valence electrons. The van der Waals surface area contributed by atoms with E-state index >= 15 is 0 Å². The summed E-state index contributed by atoms with van der Waals surface area (Å²) in [5.41, 5.74) is 0.230. The van der Waals surface area contributed by atoms with Crippen LogP contribution in [0.15, 0.2) is 6.20 Å². The zero-order valence-corrected chi connectivity index (χ0v) is 11.1. The van der Waals surface area contributed by atoms with Crippen LogP contribution in [0.2, 0.25) is 0 Å². The maximum Gasteiger partial charge on any atom is 0.310 e. The summed E-state index contributed by atoms with van der Waals surface area (Å²) < 4.78 is 1.58. The summed E-state index contributed by atoms with van der Waals surface area (Å²) >= 11 is 0. The number of hydrogen-bond acceptors (Lipinski definition) is 3. The molecular weight excluding hydrogens is 234 g/mol. The molecule has 0 aliphatic heterocycles. The number of carbonyl (C=O) groups excluding carboxylic acids is 1. The van der Waals surface area contributed by atoms with E-state index in [0.717, 1.165) is 0 Å². The molecule has 6 nitrogen and oxygen atoms in total. The van der Waals surface area contributed by atoms with E-state index in [1.807, 2.05) is 6.92 Å². The van der Waals surface area contributed by atoms with Gasteiger partial charge in [-0.25, -0.2) is 0 Å². The van der Waals surface area contributed by atoms with Crippen LogP contribution in [0.4, 0.5) is 0 Å². The lowest BCUT2D eigenvalue weighted by Gasteiger charge is -2.19. The van der Waals surface area contributed by atoms with Crippen LogP contribution >= 0.6 is 0 Å². The van der Waals surface area contributed by atoms with E-state index < -0.39 is 11.4 Å². The highest BCUT2D eigenvalue weighted by Crippen LogP contribution is 2.14. The quantitative estimate of drug-likeness (QED) is 0.813. The van der Waals surface area contributed by atoms with E-state index in [1.165, 1.54) is 0 Å². The molecule has 0 spiro atoms. The first kappa shape index (κ1) is 14.2. The van der Waals surface area contributed by atoms with Crippen molar-refractivity contribution in [3.05, 3.63) is 17.5 Å². The van der Waals surface area contributed by atoms with Gasteiger partial charge < -0.3 is 10.4 Å². The topological polar surface area (TPSA) is 84.2 Å². The fourth-order valence-corrected chi connectivity index (χ4v) is 1.46. The summed E-state index contributed by atoms with van der Waals surface area (Å²) in [7, 11) is 1.75. The van der Waals surface area contributed by atoms with Gasteiger partial charge in [-0.15, -0.1) is 0 Å². The van der Waals surface area contributed by atoms with Crippen LogP contribution in [0.25, 0.3) is 0 Å². The Kier molecular flexibility index (Phi) is 4.11. The van der Waals surface area contributed by atoms with Gasteiger partial charge in [-0.05, 0) is 20.3 Å². The van der Waals surface area contributed by atoms with Gasteiger partial charge in [0.1, 0.15) is 0 Å². The minimum absolute atomic E-state index is 0.0826. The zero-order valence-electron chi connectivity index (χ0n) is 11.1. The maximum absolute atomic E-state index is 11.9. The Morgan fingerprint density at radius 1 is 1.50 bits per heavy atom. The molecule has 0 saturated heterocycles. The second-order valence-corrected chi connectivity index (χ2v) is 4.89. The van der Waals surface area contributed by atoms with Crippen LogP contribution in [-0.4, -0.2) is 33.3 Å². The van der Waals surface area contributed by atoms with Crippen LogP contribution in [0, 0.1) is 5.41 Å². The average Bonchev–Trinajstić information content (AvgIpc) is 2.67. The number of nitrogens with one attached hydrogen (secondary N) is 1. The van der Waals surface area contributed by atoms with Crippen molar-refractivity contribution in [2.75, 3.05) is 6.54 Å². The van der Waals surface area contributed by atoms with Gasteiger partial charge in [0.25, 0.3) is 5.91 Å². The van der Waals surface area contributed by atoms with Crippen molar-refractivity contribution >= 4 is 11.9 Å². The van der Waals surface area contributed by atoms with E-state index in [2.05, 4.69) is 10.4 Å². The molecule has 0 atom stereocenters. The molecule has 0 unspecified atom stereocenters. The molecule has 1 heterocycles. The molecule has 1 rings (SSSR count). The molecule has 0 aromatic carbocycles. The number of aryl methyl sites for hydroxylation is 2. The SMILES string of the molecule is CCc1nn(C)cc1C(=O)NCC(C)(C)C(=O)O. The molecule has 2 N–H and O–H groups in total. The fraction of sp³-hybridized carbons (Fsp3) is 0.583. The van der Waals surface area contributed by atoms with Crippen molar-refractivity contribution in [3.63, 3.8) is 0 Å². The van der Waals surface area contributed by atoms with E-state index in [-0.39, 0.29) is 12.5 Å². The molecule has 1 aromatic heterocycles. The van der Waals surface area contributed by atoms with Gasteiger partial charge in [0.2, 0.25) is 0 Å². The zero-order chi connectivity index (χ0) is 13.9. The first-order chi connectivity index (χ1) is 8.27. The van der Waals surface area contributed by atoms with Gasteiger partial charge in [0.05, 0.1) is 16.7 Å². The fourth-order valence-electron chi connectivity index (χ4n) is 1.46. The van der Waals surface area contributed by atoms with Gasteiger partial charge in [-0.2, -0.15) is 5.10 Å². The number of carboxylic acid groups (broad SMARTS) is 1. The summed E-state index contributed by atoms with van der Waals surface area (Å²) in [6.07, 6.45) is 2.30. The Balaban J connectivity index is 2.74. The minimum atomic E-state index is -0.982. The van der Waals surface area contributed by atoms with Crippen molar-refractivity contribution in [1.82, 2.24) is 15.1 Å². The van der Waals surface area contributed by atoms with Gasteiger partial charge >= 0.3 is 5.97 Å². The molecule has 0 aliphatic rings. The number of aliphatic carboxylic acids is 1. The monoisotopic (exact) mass is 253 g/mol. The van der Waals surface area contributed by atoms with Crippen molar-refractivity contribution in [2.24, 2.45) is 12.5 Å². The van der Waals surface area contributed by atoms with Gasteiger partial charge in [-0.3, -0.25) is 14.3 Å². The Bertz CT molecular complexity index is 463. The highest BCUT2D eigenvalue weighted by Gasteiger charge is 2.28. The summed E-state index contributed by atoms with van der Waals surface area (Å²) in [5, 5.41) is 15.8. The molecule has 0 radical (unpaired) electrons. The number of rotatable bonds is 5. The van der Waals surface area contributed by atoms with Crippen LogP contribution in [0.3, 0.4) is 0 Å². The molecule has 18 heavy (non-hydrogen) atoms. The number of hydrogen-bond donors (Lipinski definition) is 2. The highest BCUT2D eigenvalue weighted by atomic mass is 16.4. The minimum Gasteiger partial charge on any atom is -0.481 e. The summed E-state index contributed by atoms with van der Waals surface area (Å²) in [4.78, 5) is 22.9. The molecular formula is C12H19N3O3. The number of amides is 1. The Labute approximate surface area is 106 Å². The highest BCUT2D eigenvalue weighted by molar-refractivity contribution is 5.95. The molecule has 0 saturated carbocycles. The summed E-state index contributed by atoms with van der Waals surface area (Å²) in [6.45, 7) is 5.14. The number of nitrogens with zero attached hydrogens (tertiary/aromatic N) is 2. The average molecular weight is 253 g/mol.